The molecule has 0 radical (unpaired) electrons. The van der Waals surface area contributed by atoms with E-state index >= 15 is 0 Å². The quantitative estimate of drug-likeness (QED) is 0.125. The Kier molecular flexibility index (Phi) is 8.95. The minimum atomic E-state index is -0.313. The SMILES string of the molecule is N#Cc1ccccc1COc1ccc(/C=N/NC(=O)c2ccc(-n3c(-c4ccccc4)ccc3-c3ccccc3)cc2)cc1Br. The van der Waals surface area contributed by atoms with Gasteiger partial charge in [0.25, 0.3) is 5.91 Å². The van der Waals surface area contributed by atoms with Crippen LogP contribution in [-0.4, -0.2) is 16.7 Å². The molecule has 0 saturated carbocycles. The molecule has 1 N–H and O–H groups in total. The molecule has 1 aromatic heterocycles. The summed E-state index contributed by atoms with van der Waals surface area (Å²) in [4.78, 5) is 12.9. The third-order valence-corrected chi connectivity index (χ3v) is 7.88. The first-order valence-corrected chi connectivity index (χ1v) is 15.1. The van der Waals surface area contributed by atoms with Gasteiger partial charge in [0.05, 0.1) is 33.7 Å². The second kappa shape index (κ2) is 13.7. The molecule has 1 amide bonds. The number of amides is 1. The topological polar surface area (TPSA) is 79.4 Å². The maximum atomic E-state index is 12.9. The summed E-state index contributed by atoms with van der Waals surface area (Å²) in [5.74, 6) is 0.324. The summed E-state index contributed by atoms with van der Waals surface area (Å²) in [7, 11) is 0. The first-order valence-electron chi connectivity index (χ1n) is 14.3. The summed E-state index contributed by atoms with van der Waals surface area (Å²) < 4.78 is 8.85. The highest BCUT2D eigenvalue weighted by Crippen LogP contribution is 2.32. The predicted octanol–water partition coefficient (Wildman–Crippen LogP) is 8.79. The van der Waals surface area contributed by atoms with Crippen LogP contribution in [0.25, 0.3) is 28.2 Å². The zero-order chi connectivity index (χ0) is 31.0. The summed E-state index contributed by atoms with van der Waals surface area (Å²) in [6.07, 6.45) is 1.57. The van der Waals surface area contributed by atoms with Crippen LogP contribution in [0.3, 0.4) is 0 Å². The van der Waals surface area contributed by atoms with Crippen LogP contribution in [0.1, 0.15) is 27.0 Å². The lowest BCUT2D eigenvalue weighted by molar-refractivity contribution is 0.0955. The molecule has 45 heavy (non-hydrogen) atoms. The van der Waals surface area contributed by atoms with Gasteiger partial charge in [-0.2, -0.15) is 10.4 Å². The molecule has 0 aliphatic carbocycles. The average Bonchev–Trinajstić information content (AvgIpc) is 3.54. The number of hydrogen-bond acceptors (Lipinski definition) is 4. The van der Waals surface area contributed by atoms with E-state index in [1.54, 1.807) is 24.4 Å². The van der Waals surface area contributed by atoms with Crippen LogP contribution >= 0.6 is 15.9 Å². The van der Waals surface area contributed by atoms with Gasteiger partial charge in [-0.1, -0.05) is 78.9 Å². The lowest BCUT2D eigenvalue weighted by atomic mass is 10.1. The Morgan fingerprint density at radius 2 is 1.42 bits per heavy atom. The van der Waals surface area contributed by atoms with Crippen LogP contribution in [0, 0.1) is 11.3 Å². The van der Waals surface area contributed by atoms with Crippen LogP contribution in [0.5, 0.6) is 5.75 Å². The molecule has 6 rings (SSSR count). The number of carbonyl (C=O) groups is 1. The predicted molar refractivity (Wildman–Crippen MR) is 181 cm³/mol. The summed E-state index contributed by atoms with van der Waals surface area (Å²) in [6, 6.07) is 47.3. The van der Waals surface area contributed by atoms with E-state index in [1.165, 1.54) is 0 Å². The van der Waals surface area contributed by atoms with Gasteiger partial charge in [-0.05, 0) is 93.3 Å². The van der Waals surface area contributed by atoms with Gasteiger partial charge in [0, 0.05) is 16.8 Å². The van der Waals surface area contributed by atoms with Crippen LogP contribution in [-0.2, 0) is 6.61 Å². The zero-order valence-electron chi connectivity index (χ0n) is 24.1. The summed E-state index contributed by atoms with van der Waals surface area (Å²) in [5, 5.41) is 13.4. The number of hydrazone groups is 1. The van der Waals surface area contributed by atoms with E-state index in [2.05, 4.69) is 73.5 Å². The molecule has 0 atom stereocenters. The number of nitrogens with one attached hydrogen (secondary N) is 1. The van der Waals surface area contributed by atoms with Crippen molar-refractivity contribution in [3.05, 3.63) is 166 Å². The van der Waals surface area contributed by atoms with Gasteiger partial charge in [-0.3, -0.25) is 4.79 Å². The molecular formula is C38H27BrN4O2. The number of nitriles is 1. The summed E-state index contributed by atoms with van der Waals surface area (Å²) >= 11 is 3.54. The third kappa shape index (κ3) is 6.77. The standard InChI is InChI=1S/C38H27BrN4O2/c39-34-23-27(15-22-37(34)45-26-32-14-8-7-13-31(32)24-40)25-41-42-38(44)30-16-18-33(19-17-30)43-35(28-9-3-1-4-10-28)20-21-36(43)29-11-5-2-6-12-29/h1-23,25H,26H2,(H,42,44)/b41-25+. The minimum Gasteiger partial charge on any atom is -0.488 e. The fraction of sp³-hybridized carbons (Fsp3) is 0.0263. The fourth-order valence-corrected chi connectivity index (χ4v) is 5.51. The van der Waals surface area contributed by atoms with Crippen molar-refractivity contribution < 1.29 is 9.53 Å². The van der Waals surface area contributed by atoms with E-state index in [9.17, 15) is 10.1 Å². The Labute approximate surface area is 270 Å². The van der Waals surface area contributed by atoms with Crippen molar-refractivity contribution in [1.82, 2.24) is 9.99 Å². The highest BCUT2D eigenvalue weighted by Gasteiger charge is 2.14. The molecule has 0 bridgehead atoms. The number of benzene rings is 5. The normalized spacial score (nSPS) is 10.8. The Morgan fingerprint density at radius 1 is 0.800 bits per heavy atom. The van der Waals surface area contributed by atoms with E-state index in [0.29, 0.717) is 16.9 Å². The molecule has 5 aromatic carbocycles. The number of nitrogens with zero attached hydrogens (tertiary/aromatic N) is 3. The van der Waals surface area contributed by atoms with E-state index in [1.807, 2.05) is 84.9 Å². The summed E-state index contributed by atoms with van der Waals surface area (Å²) in [5.41, 5.74) is 10.6. The number of hydrogen-bond donors (Lipinski definition) is 1. The van der Waals surface area contributed by atoms with Crippen molar-refractivity contribution in [1.29, 1.82) is 5.26 Å². The summed E-state index contributed by atoms with van der Waals surface area (Å²) in [6.45, 7) is 0.274. The molecule has 0 aliphatic heterocycles. The van der Waals surface area contributed by atoms with Gasteiger partial charge in [-0.25, -0.2) is 5.43 Å². The number of halogens is 1. The maximum absolute atomic E-state index is 12.9. The lowest BCUT2D eigenvalue weighted by Crippen LogP contribution is -2.17. The molecule has 1 heterocycles. The second-order valence-corrected chi connectivity index (χ2v) is 11.0. The Bertz CT molecular complexity index is 1950. The first-order chi connectivity index (χ1) is 22.1. The maximum Gasteiger partial charge on any atom is 0.271 e. The van der Waals surface area contributed by atoms with Gasteiger partial charge in [0.15, 0.2) is 0 Å². The monoisotopic (exact) mass is 650 g/mol. The van der Waals surface area contributed by atoms with Crippen molar-refractivity contribution in [2.45, 2.75) is 6.61 Å². The average molecular weight is 652 g/mol. The lowest BCUT2D eigenvalue weighted by Gasteiger charge is -2.15. The highest BCUT2D eigenvalue weighted by atomic mass is 79.9. The zero-order valence-corrected chi connectivity index (χ0v) is 25.7. The molecule has 0 spiro atoms. The van der Waals surface area contributed by atoms with Crippen molar-refractivity contribution in [2.75, 3.05) is 0 Å². The number of aromatic nitrogens is 1. The molecule has 0 aliphatic rings. The second-order valence-electron chi connectivity index (χ2n) is 10.2. The Morgan fingerprint density at radius 3 is 2.04 bits per heavy atom. The van der Waals surface area contributed by atoms with E-state index < -0.39 is 0 Å². The van der Waals surface area contributed by atoms with E-state index in [0.717, 1.165) is 43.8 Å². The van der Waals surface area contributed by atoms with Gasteiger partial charge in [0.1, 0.15) is 12.4 Å². The van der Waals surface area contributed by atoms with Crippen LogP contribution in [0.4, 0.5) is 0 Å². The molecule has 0 saturated heterocycles. The van der Waals surface area contributed by atoms with Crippen LogP contribution in [0.15, 0.2) is 149 Å². The largest absolute Gasteiger partial charge is 0.488 e. The molecule has 6 nitrogen and oxygen atoms in total. The van der Waals surface area contributed by atoms with Gasteiger partial charge in [-0.15, -0.1) is 0 Å². The molecule has 0 fully saturated rings. The first kappa shape index (κ1) is 29.4. The third-order valence-electron chi connectivity index (χ3n) is 7.26. The van der Waals surface area contributed by atoms with Crippen molar-refractivity contribution >= 4 is 28.1 Å². The molecule has 0 unspecified atom stereocenters. The molecular weight excluding hydrogens is 624 g/mol. The van der Waals surface area contributed by atoms with Gasteiger partial charge in [0.2, 0.25) is 0 Å². The van der Waals surface area contributed by atoms with Gasteiger partial charge >= 0.3 is 0 Å². The van der Waals surface area contributed by atoms with E-state index in [-0.39, 0.29) is 12.5 Å². The van der Waals surface area contributed by atoms with Crippen LogP contribution in [0.2, 0.25) is 0 Å². The minimum absolute atomic E-state index is 0.274. The number of carbonyl (C=O) groups excluding carboxylic acids is 1. The van der Waals surface area contributed by atoms with Gasteiger partial charge < -0.3 is 9.30 Å². The number of ether oxygens (including phenoxy) is 1. The van der Waals surface area contributed by atoms with Crippen molar-refractivity contribution in [3.63, 3.8) is 0 Å². The van der Waals surface area contributed by atoms with Crippen molar-refractivity contribution in [2.24, 2.45) is 5.10 Å². The fourth-order valence-electron chi connectivity index (χ4n) is 5.00. The smallest absolute Gasteiger partial charge is 0.271 e. The molecule has 7 heteroatoms. The Balaban J connectivity index is 1.14. The molecule has 6 aromatic rings. The highest BCUT2D eigenvalue weighted by molar-refractivity contribution is 9.10. The number of rotatable bonds is 9. The van der Waals surface area contributed by atoms with Crippen molar-refractivity contribution in [3.8, 4) is 40.0 Å². The molecule has 218 valence electrons. The van der Waals surface area contributed by atoms with E-state index in [4.69, 9.17) is 4.74 Å². The Hall–Kier alpha value is -5.71. The van der Waals surface area contributed by atoms with Crippen LogP contribution < -0.4 is 10.2 Å².